The fourth-order valence-electron chi connectivity index (χ4n) is 3.31. The number of amides is 3. The molecule has 0 radical (unpaired) electrons. The van der Waals surface area contributed by atoms with E-state index in [0.29, 0.717) is 12.2 Å². The summed E-state index contributed by atoms with van der Waals surface area (Å²) in [6.07, 6.45) is 1.08. The molecule has 2 heterocycles. The Kier molecular flexibility index (Phi) is 7.06. The van der Waals surface area contributed by atoms with Crippen LogP contribution in [-0.2, 0) is 17.8 Å². The summed E-state index contributed by atoms with van der Waals surface area (Å²) in [5.41, 5.74) is 2.10. The van der Waals surface area contributed by atoms with E-state index in [1.807, 2.05) is 55.5 Å². The maximum atomic E-state index is 12.6. The number of hydrogen-bond donors (Lipinski definition) is 3. The van der Waals surface area contributed by atoms with Gasteiger partial charge in [0.1, 0.15) is 6.04 Å². The Morgan fingerprint density at radius 2 is 1.96 bits per heavy atom. The molecule has 28 heavy (non-hydrogen) atoms. The van der Waals surface area contributed by atoms with Gasteiger partial charge in [-0.2, -0.15) is 0 Å². The quantitative estimate of drug-likeness (QED) is 0.669. The van der Waals surface area contributed by atoms with E-state index in [9.17, 15) is 9.59 Å². The van der Waals surface area contributed by atoms with Gasteiger partial charge in [0, 0.05) is 36.7 Å². The largest absolute Gasteiger partial charge is 0.353 e. The Morgan fingerprint density at radius 3 is 2.71 bits per heavy atom. The number of hydrogen-bond acceptors (Lipinski definition) is 4. The number of carbonyl (C=O) groups is 2. The highest BCUT2D eigenvalue weighted by Gasteiger charge is 2.24. The molecule has 3 amide bonds. The zero-order chi connectivity index (χ0) is 19.9. The molecule has 1 atom stereocenters. The molecule has 3 N–H and O–H groups in total. The van der Waals surface area contributed by atoms with Gasteiger partial charge in [0.15, 0.2) is 0 Å². The van der Waals surface area contributed by atoms with Crippen molar-refractivity contribution < 1.29 is 9.59 Å². The highest BCUT2D eigenvalue weighted by atomic mass is 32.1. The van der Waals surface area contributed by atoms with Gasteiger partial charge in [0.2, 0.25) is 5.91 Å². The minimum Gasteiger partial charge on any atom is -0.353 e. The second kappa shape index (κ2) is 9.71. The molecule has 1 aliphatic rings. The molecule has 0 spiro atoms. The van der Waals surface area contributed by atoms with Crippen molar-refractivity contribution in [1.29, 1.82) is 0 Å². The number of fused-ring (bicyclic) bond motifs is 1. The number of anilines is 1. The molecule has 7 heteroatoms. The smallest absolute Gasteiger partial charge is 0.319 e. The van der Waals surface area contributed by atoms with Gasteiger partial charge in [-0.15, -0.1) is 11.3 Å². The van der Waals surface area contributed by atoms with Crippen LogP contribution >= 0.6 is 11.3 Å². The van der Waals surface area contributed by atoms with Crippen molar-refractivity contribution in [3.63, 3.8) is 0 Å². The van der Waals surface area contributed by atoms with Crippen LogP contribution < -0.4 is 16.0 Å². The first-order chi connectivity index (χ1) is 13.5. The minimum atomic E-state index is -0.575. The van der Waals surface area contributed by atoms with Crippen molar-refractivity contribution in [2.24, 2.45) is 5.92 Å². The molecule has 1 aromatic heterocycles. The van der Waals surface area contributed by atoms with Crippen LogP contribution in [0.1, 0.15) is 24.3 Å². The van der Waals surface area contributed by atoms with Crippen molar-refractivity contribution in [3.05, 3.63) is 52.2 Å². The van der Waals surface area contributed by atoms with E-state index in [2.05, 4.69) is 32.3 Å². The van der Waals surface area contributed by atoms with Gasteiger partial charge in [-0.05, 0) is 41.5 Å². The van der Waals surface area contributed by atoms with E-state index in [0.717, 1.165) is 26.1 Å². The SMILES string of the molecule is CC(C)C(NC(=O)Nc1ccccc1)C(=O)NCCN1CCc2sccc2C1. The molecule has 6 nitrogen and oxygen atoms in total. The Morgan fingerprint density at radius 1 is 1.18 bits per heavy atom. The fourth-order valence-corrected chi connectivity index (χ4v) is 4.20. The van der Waals surface area contributed by atoms with Crippen molar-refractivity contribution in [2.45, 2.75) is 32.9 Å². The molecule has 0 bridgehead atoms. The number of benzene rings is 1. The van der Waals surface area contributed by atoms with Crippen LogP contribution in [0, 0.1) is 5.92 Å². The summed E-state index contributed by atoms with van der Waals surface area (Å²) in [7, 11) is 0. The lowest BCUT2D eigenvalue weighted by Gasteiger charge is -2.27. The van der Waals surface area contributed by atoms with Crippen molar-refractivity contribution >= 4 is 29.0 Å². The Bertz CT molecular complexity index is 791. The van der Waals surface area contributed by atoms with Gasteiger partial charge < -0.3 is 16.0 Å². The van der Waals surface area contributed by atoms with Crippen LogP contribution in [0.15, 0.2) is 41.8 Å². The first-order valence-corrected chi connectivity index (χ1v) is 10.6. The summed E-state index contributed by atoms with van der Waals surface area (Å²) in [4.78, 5) is 28.7. The number of thiophene rings is 1. The molecule has 1 aliphatic heterocycles. The molecule has 2 aromatic rings. The number of rotatable bonds is 7. The van der Waals surface area contributed by atoms with Gasteiger partial charge >= 0.3 is 6.03 Å². The third-order valence-electron chi connectivity index (χ3n) is 4.88. The first kappa shape index (κ1) is 20.4. The molecule has 0 fully saturated rings. The molecule has 1 aromatic carbocycles. The Hall–Kier alpha value is -2.38. The van der Waals surface area contributed by atoms with Gasteiger partial charge in [-0.3, -0.25) is 9.69 Å². The number of para-hydroxylation sites is 1. The van der Waals surface area contributed by atoms with Crippen LogP contribution in [0.2, 0.25) is 0 Å². The minimum absolute atomic E-state index is 0.00938. The zero-order valence-electron chi connectivity index (χ0n) is 16.4. The number of nitrogens with zero attached hydrogens (tertiary/aromatic N) is 1. The molecule has 0 aliphatic carbocycles. The van der Waals surface area contributed by atoms with Crippen LogP contribution in [0.3, 0.4) is 0 Å². The molecular formula is C21H28N4O2S. The second-order valence-corrected chi connectivity index (χ2v) is 8.37. The fraction of sp³-hybridized carbons (Fsp3) is 0.429. The molecule has 150 valence electrons. The van der Waals surface area contributed by atoms with Crippen molar-refractivity contribution in [2.75, 3.05) is 25.0 Å². The van der Waals surface area contributed by atoms with Crippen LogP contribution in [0.25, 0.3) is 0 Å². The third-order valence-corrected chi connectivity index (χ3v) is 5.90. The monoisotopic (exact) mass is 400 g/mol. The van der Waals surface area contributed by atoms with Crippen molar-refractivity contribution in [1.82, 2.24) is 15.5 Å². The van der Waals surface area contributed by atoms with Gasteiger partial charge in [-0.1, -0.05) is 32.0 Å². The average Bonchev–Trinajstić information content (AvgIpc) is 3.14. The summed E-state index contributed by atoms with van der Waals surface area (Å²) in [5, 5.41) is 10.7. The predicted molar refractivity (Wildman–Crippen MR) is 114 cm³/mol. The van der Waals surface area contributed by atoms with Gasteiger partial charge in [0.05, 0.1) is 0 Å². The standard InChI is InChI=1S/C21H28N4O2S/c1-15(2)19(24-21(27)23-17-6-4-3-5-7-17)20(26)22-10-12-25-11-8-18-16(14-25)9-13-28-18/h3-7,9,13,15,19H,8,10-12,14H2,1-2H3,(H,22,26)(H2,23,24,27). The summed E-state index contributed by atoms with van der Waals surface area (Å²) < 4.78 is 0. The van der Waals surface area contributed by atoms with Crippen LogP contribution in [-0.4, -0.2) is 42.5 Å². The lowest BCUT2D eigenvalue weighted by molar-refractivity contribution is -0.123. The molecule has 3 rings (SSSR count). The lowest BCUT2D eigenvalue weighted by Crippen LogP contribution is -2.52. The van der Waals surface area contributed by atoms with E-state index in [1.54, 1.807) is 0 Å². The average molecular weight is 401 g/mol. The molecule has 0 saturated heterocycles. The number of nitrogens with one attached hydrogen (secondary N) is 3. The summed E-state index contributed by atoms with van der Waals surface area (Å²) in [6.45, 7) is 7.20. The van der Waals surface area contributed by atoms with Crippen LogP contribution in [0.4, 0.5) is 10.5 Å². The number of carbonyl (C=O) groups excluding carboxylic acids is 2. The van der Waals surface area contributed by atoms with E-state index in [-0.39, 0.29) is 17.9 Å². The van der Waals surface area contributed by atoms with Crippen LogP contribution in [0.5, 0.6) is 0 Å². The maximum Gasteiger partial charge on any atom is 0.319 e. The van der Waals surface area contributed by atoms with E-state index < -0.39 is 6.04 Å². The van der Waals surface area contributed by atoms with E-state index >= 15 is 0 Å². The van der Waals surface area contributed by atoms with Gasteiger partial charge in [0.25, 0.3) is 0 Å². The van der Waals surface area contributed by atoms with Crippen molar-refractivity contribution in [3.8, 4) is 0 Å². The third kappa shape index (κ3) is 5.56. The zero-order valence-corrected chi connectivity index (χ0v) is 17.2. The summed E-state index contributed by atoms with van der Waals surface area (Å²) in [5.74, 6) is -0.156. The molecular weight excluding hydrogens is 372 g/mol. The highest BCUT2D eigenvalue weighted by Crippen LogP contribution is 2.23. The van der Waals surface area contributed by atoms with Gasteiger partial charge in [-0.25, -0.2) is 4.79 Å². The first-order valence-electron chi connectivity index (χ1n) is 9.71. The van der Waals surface area contributed by atoms with E-state index in [1.165, 1.54) is 10.4 Å². The topological polar surface area (TPSA) is 73.5 Å². The Labute approximate surface area is 170 Å². The number of urea groups is 1. The Balaban J connectivity index is 1.44. The summed E-state index contributed by atoms with van der Waals surface area (Å²) in [6, 6.07) is 10.4. The second-order valence-electron chi connectivity index (χ2n) is 7.37. The normalized spacial score (nSPS) is 15.0. The molecule has 1 unspecified atom stereocenters. The van der Waals surface area contributed by atoms with E-state index in [4.69, 9.17) is 0 Å². The lowest BCUT2D eigenvalue weighted by atomic mass is 10.0. The summed E-state index contributed by atoms with van der Waals surface area (Å²) >= 11 is 1.83. The highest BCUT2D eigenvalue weighted by molar-refractivity contribution is 7.10. The maximum absolute atomic E-state index is 12.6. The molecule has 0 saturated carbocycles. The predicted octanol–water partition coefficient (Wildman–Crippen LogP) is 3.07.